The summed E-state index contributed by atoms with van der Waals surface area (Å²) in [5.74, 6) is 0.348. The van der Waals surface area contributed by atoms with E-state index in [0.717, 1.165) is 6.54 Å². The van der Waals surface area contributed by atoms with Gasteiger partial charge in [-0.1, -0.05) is 23.2 Å². The zero-order chi connectivity index (χ0) is 15.2. The summed E-state index contributed by atoms with van der Waals surface area (Å²) in [6.07, 6.45) is 2.41. The average molecular weight is 332 g/mol. The first-order valence-corrected chi connectivity index (χ1v) is 8.05. The molecule has 0 saturated carbocycles. The molecule has 0 aliphatic carbocycles. The molecule has 1 aromatic carbocycles. The molecule has 6 heteroatoms. The highest BCUT2D eigenvalue weighted by Gasteiger charge is 2.27. The van der Waals surface area contributed by atoms with Crippen LogP contribution in [0.25, 0.3) is 0 Å². The topological polar surface area (TPSA) is 42.8 Å². The monoisotopic (exact) mass is 331 g/mol. The first kappa shape index (κ1) is 16.4. The lowest BCUT2D eigenvalue weighted by molar-refractivity contribution is -0.909. The van der Waals surface area contributed by atoms with E-state index in [-0.39, 0.29) is 12.5 Å². The molecule has 1 aliphatic heterocycles. The van der Waals surface area contributed by atoms with Gasteiger partial charge >= 0.3 is 0 Å². The number of likely N-dealkylation sites (N-methyl/N-ethyl adjacent to an activating group) is 1. The Balaban J connectivity index is 1.74. The quantitative estimate of drug-likeness (QED) is 0.830. The summed E-state index contributed by atoms with van der Waals surface area (Å²) < 4.78 is 5.41. The molecule has 1 heterocycles. The van der Waals surface area contributed by atoms with E-state index >= 15 is 0 Å². The minimum absolute atomic E-state index is 0.0322. The Bertz CT molecular complexity index is 497. The fourth-order valence-electron chi connectivity index (χ4n) is 2.72. The normalized spacial score (nSPS) is 21.3. The second kappa shape index (κ2) is 7.87. The number of rotatable bonds is 6. The van der Waals surface area contributed by atoms with Crippen LogP contribution in [-0.4, -0.2) is 38.2 Å². The number of likely N-dealkylation sites (tertiary alicyclic amines) is 1. The van der Waals surface area contributed by atoms with Crippen molar-refractivity contribution < 1.29 is 14.4 Å². The Morgan fingerprint density at radius 2 is 2.29 bits per heavy atom. The SMILES string of the molecule is CC[NH+]1CCC[C@@H]1CNC(=O)COc1ccc(Cl)cc1Cl. The van der Waals surface area contributed by atoms with Crippen molar-refractivity contribution in [2.45, 2.75) is 25.8 Å². The van der Waals surface area contributed by atoms with E-state index in [4.69, 9.17) is 27.9 Å². The van der Waals surface area contributed by atoms with Gasteiger partial charge in [0.1, 0.15) is 11.8 Å². The van der Waals surface area contributed by atoms with Crippen molar-refractivity contribution in [2.24, 2.45) is 0 Å². The third-order valence-electron chi connectivity index (χ3n) is 3.88. The van der Waals surface area contributed by atoms with E-state index in [1.165, 1.54) is 19.4 Å². The molecule has 1 fully saturated rings. The number of ether oxygens (including phenoxy) is 1. The number of benzene rings is 1. The Morgan fingerprint density at radius 1 is 1.48 bits per heavy atom. The third kappa shape index (κ3) is 4.77. The van der Waals surface area contributed by atoms with Crippen LogP contribution in [0.1, 0.15) is 19.8 Å². The molecule has 2 rings (SSSR count). The molecule has 0 spiro atoms. The number of carbonyl (C=O) groups is 1. The van der Waals surface area contributed by atoms with E-state index in [0.29, 0.717) is 28.4 Å². The molecular formula is C15H21Cl2N2O2+. The zero-order valence-electron chi connectivity index (χ0n) is 12.1. The smallest absolute Gasteiger partial charge is 0.258 e. The maximum absolute atomic E-state index is 11.8. The van der Waals surface area contributed by atoms with Gasteiger partial charge < -0.3 is 15.0 Å². The second-order valence-corrected chi connectivity index (χ2v) is 6.11. The summed E-state index contributed by atoms with van der Waals surface area (Å²) in [5.41, 5.74) is 0. The van der Waals surface area contributed by atoms with Crippen LogP contribution in [0.3, 0.4) is 0 Å². The van der Waals surface area contributed by atoms with Gasteiger partial charge in [0.05, 0.1) is 24.7 Å². The fourth-order valence-corrected chi connectivity index (χ4v) is 3.18. The van der Waals surface area contributed by atoms with E-state index < -0.39 is 0 Å². The molecule has 2 atom stereocenters. The maximum atomic E-state index is 11.8. The predicted octanol–water partition coefficient (Wildman–Crippen LogP) is 1.56. The van der Waals surface area contributed by atoms with Gasteiger partial charge in [-0.25, -0.2) is 0 Å². The van der Waals surface area contributed by atoms with Gasteiger partial charge in [0.25, 0.3) is 5.91 Å². The van der Waals surface area contributed by atoms with Gasteiger partial charge in [-0.15, -0.1) is 0 Å². The van der Waals surface area contributed by atoms with Gasteiger partial charge in [0, 0.05) is 17.9 Å². The summed E-state index contributed by atoms with van der Waals surface area (Å²) in [5, 5.41) is 3.89. The van der Waals surface area contributed by atoms with Gasteiger partial charge in [0.2, 0.25) is 0 Å². The summed E-state index contributed by atoms with van der Waals surface area (Å²) in [6, 6.07) is 5.47. The largest absolute Gasteiger partial charge is 0.482 e. The molecule has 0 aromatic heterocycles. The molecule has 1 saturated heterocycles. The number of nitrogens with one attached hydrogen (secondary N) is 2. The zero-order valence-corrected chi connectivity index (χ0v) is 13.6. The number of hydrogen-bond donors (Lipinski definition) is 2. The van der Waals surface area contributed by atoms with Crippen molar-refractivity contribution in [3.8, 4) is 5.75 Å². The Labute approximate surface area is 135 Å². The highest BCUT2D eigenvalue weighted by Crippen LogP contribution is 2.27. The molecule has 116 valence electrons. The van der Waals surface area contributed by atoms with Crippen molar-refractivity contribution in [2.75, 3.05) is 26.2 Å². The Morgan fingerprint density at radius 3 is 3.00 bits per heavy atom. The van der Waals surface area contributed by atoms with Crippen LogP contribution < -0.4 is 15.0 Å². The first-order valence-electron chi connectivity index (χ1n) is 7.29. The van der Waals surface area contributed by atoms with Crippen LogP contribution in [0, 0.1) is 0 Å². The van der Waals surface area contributed by atoms with Crippen molar-refractivity contribution in [3.63, 3.8) is 0 Å². The Hall–Kier alpha value is -0.970. The molecule has 4 nitrogen and oxygen atoms in total. The average Bonchev–Trinajstić information content (AvgIpc) is 2.91. The number of quaternary nitrogens is 1. The van der Waals surface area contributed by atoms with Crippen molar-refractivity contribution in [1.29, 1.82) is 0 Å². The standard InChI is InChI=1S/C15H20Cl2N2O2/c1-2-19-7-3-4-12(19)9-18-15(20)10-21-14-6-5-11(16)8-13(14)17/h5-6,8,12H,2-4,7,9-10H2,1H3,(H,18,20)/p+1/t12-/m1/s1. The molecule has 1 aliphatic rings. The van der Waals surface area contributed by atoms with Gasteiger partial charge in [-0.2, -0.15) is 0 Å². The van der Waals surface area contributed by atoms with Crippen LogP contribution in [0.15, 0.2) is 18.2 Å². The highest BCUT2D eigenvalue weighted by molar-refractivity contribution is 6.35. The van der Waals surface area contributed by atoms with Crippen LogP contribution in [0.5, 0.6) is 5.75 Å². The van der Waals surface area contributed by atoms with E-state index in [2.05, 4.69) is 12.2 Å². The van der Waals surface area contributed by atoms with Crippen LogP contribution >= 0.6 is 23.2 Å². The predicted molar refractivity (Wildman–Crippen MR) is 84.4 cm³/mol. The molecular weight excluding hydrogens is 311 g/mol. The number of hydrogen-bond acceptors (Lipinski definition) is 2. The van der Waals surface area contributed by atoms with E-state index in [1.54, 1.807) is 23.1 Å². The summed E-state index contributed by atoms with van der Waals surface area (Å²) in [7, 11) is 0. The number of halogens is 2. The van der Waals surface area contributed by atoms with Gasteiger partial charge in [-0.3, -0.25) is 4.79 Å². The lowest BCUT2D eigenvalue weighted by Crippen LogP contribution is -3.14. The van der Waals surface area contributed by atoms with Crippen molar-refractivity contribution in [3.05, 3.63) is 28.2 Å². The number of amides is 1. The molecule has 2 N–H and O–H groups in total. The molecule has 1 amide bonds. The second-order valence-electron chi connectivity index (χ2n) is 5.27. The molecule has 0 radical (unpaired) electrons. The van der Waals surface area contributed by atoms with Crippen LogP contribution in [0.2, 0.25) is 10.0 Å². The molecule has 1 aromatic rings. The molecule has 1 unspecified atom stereocenters. The minimum Gasteiger partial charge on any atom is -0.482 e. The Kier molecular flexibility index (Phi) is 6.15. The van der Waals surface area contributed by atoms with E-state index in [9.17, 15) is 4.79 Å². The van der Waals surface area contributed by atoms with E-state index in [1.807, 2.05) is 0 Å². The molecule has 0 bridgehead atoms. The van der Waals surface area contributed by atoms with Crippen LogP contribution in [-0.2, 0) is 4.79 Å². The summed E-state index contributed by atoms with van der Waals surface area (Å²) in [4.78, 5) is 13.4. The maximum Gasteiger partial charge on any atom is 0.258 e. The lowest BCUT2D eigenvalue weighted by atomic mass is 10.2. The fraction of sp³-hybridized carbons (Fsp3) is 0.533. The van der Waals surface area contributed by atoms with Crippen molar-refractivity contribution in [1.82, 2.24) is 5.32 Å². The minimum atomic E-state index is -0.122. The van der Waals surface area contributed by atoms with Gasteiger partial charge in [-0.05, 0) is 25.1 Å². The third-order valence-corrected chi connectivity index (χ3v) is 4.41. The van der Waals surface area contributed by atoms with Gasteiger partial charge in [0.15, 0.2) is 6.61 Å². The summed E-state index contributed by atoms with van der Waals surface area (Å²) in [6.45, 7) is 5.17. The van der Waals surface area contributed by atoms with Crippen molar-refractivity contribution >= 4 is 29.1 Å². The first-order chi connectivity index (χ1) is 10.1. The molecule has 21 heavy (non-hydrogen) atoms. The highest BCUT2D eigenvalue weighted by atomic mass is 35.5. The summed E-state index contributed by atoms with van der Waals surface area (Å²) >= 11 is 11.8. The van der Waals surface area contributed by atoms with Crippen LogP contribution in [0.4, 0.5) is 0 Å². The number of carbonyl (C=O) groups excluding carboxylic acids is 1. The lowest BCUT2D eigenvalue weighted by Gasteiger charge is -2.20.